The highest BCUT2D eigenvalue weighted by Crippen LogP contribution is 2.17. The average molecular weight is 173 g/mol. The molecule has 1 aromatic rings. The smallest absolute Gasteiger partial charge is 0.0723 e. The van der Waals surface area contributed by atoms with Gasteiger partial charge in [-0.2, -0.15) is 7.05 Å². The van der Waals surface area contributed by atoms with E-state index in [1.807, 2.05) is 0 Å². The van der Waals surface area contributed by atoms with Crippen LogP contribution in [0.25, 0.3) is 5.57 Å². The maximum absolute atomic E-state index is 4.00. The number of hydrogen-bond donors (Lipinski definition) is 1. The number of hydrogen-bond acceptors (Lipinski definition) is 0. The van der Waals surface area contributed by atoms with E-state index in [4.69, 9.17) is 0 Å². The molecule has 0 aliphatic carbocycles. The number of quaternary nitrogens is 1. The minimum atomic E-state index is 1.06. The second-order valence-corrected chi connectivity index (χ2v) is 3.55. The van der Waals surface area contributed by atoms with Gasteiger partial charge in [-0.1, -0.05) is 30.3 Å². The summed E-state index contributed by atoms with van der Waals surface area (Å²) >= 11 is 0. The maximum atomic E-state index is 4.00. The molecule has 0 saturated heterocycles. The van der Waals surface area contributed by atoms with Crippen LogP contribution in [0, 0.1) is 7.05 Å². The van der Waals surface area contributed by atoms with E-state index in [9.17, 15) is 0 Å². The second-order valence-electron chi connectivity index (χ2n) is 3.55. The summed E-state index contributed by atoms with van der Waals surface area (Å²) in [5.74, 6) is 0. The molecule has 1 heterocycles. The van der Waals surface area contributed by atoms with E-state index in [1.54, 1.807) is 0 Å². The summed E-state index contributed by atoms with van der Waals surface area (Å²) in [4.78, 5) is 1.36. The molecular weight excluding hydrogens is 158 g/mol. The molecule has 1 aromatic carbocycles. The maximum Gasteiger partial charge on any atom is 0.0723 e. The van der Waals surface area contributed by atoms with Crippen LogP contribution in [0.1, 0.15) is 12.0 Å². The Kier molecular flexibility index (Phi) is 2.46. The van der Waals surface area contributed by atoms with Gasteiger partial charge in [0.1, 0.15) is 0 Å². The molecule has 0 saturated carbocycles. The first-order valence-corrected chi connectivity index (χ1v) is 4.77. The molecule has 0 spiro atoms. The van der Waals surface area contributed by atoms with Gasteiger partial charge in [0.15, 0.2) is 0 Å². The first-order valence-electron chi connectivity index (χ1n) is 4.77. The largest absolute Gasteiger partial charge is 0.464 e. The van der Waals surface area contributed by atoms with Gasteiger partial charge in [0.05, 0.1) is 13.1 Å². The predicted molar refractivity (Wildman–Crippen MR) is 55.1 cm³/mol. The zero-order valence-electron chi connectivity index (χ0n) is 7.79. The van der Waals surface area contributed by atoms with Gasteiger partial charge in [-0.05, 0) is 17.2 Å². The Hall–Kier alpha value is -1.08. The standard InChI is InChI=1S/C12H15N/c1-13-9-7-12(8-10-13)11-5-3-2-4-6-11/h2-7,13H,1,8-10H2. The van der Waals surface area contributed by atoms with Crippen molar-refractivity contribution in [3.05, 3.63) is 49.0 Å². The van der Waals surface area contributed by atoms with Crippen LogP contribution in [0.3, 0.4) is 0 Å². The van der Waals surface area contributed by atoms with Crippen molar-refractivity contribution in [2.24, 2.45) is 0 Å². The van der Waals surface area contributed by atoms with Crippen LogP contribution in [-0.2, 0) is 0 Å². The van der Waals surface area contributed by atoms with Crippen molar-refractivity contribution in [3.63, 3.8) is 0 Å². The molecule has 0 aromatic heterocycles. The quantitative estimate of drug-likeness (QED) is 0.608. The molecule has 1 unspecified atom stereocenters. The zero-order chi connectivity index (χ0) is 9.10. The van der Waals surface area contributed by atoms with E-state index >= 15 is 0 Å². The SMILES string of the molecule is [CH2-][NH+]1CC=C(c2ccccc2)CC1. The van der Waals surface area contributed by atoms with Gasteiger partial charge >= 0.3 is 0 Å². The third-order valence-corrected chi connectivity index (χ3v) is 2.53. The van der Waals surface area contributed by atoms with Crippen LogP contribution in [0.2, 0.25) is 0 Å². The van der Waals surface area contributed by atoms with Crippen molar-refractivity contribution in [2.75, 3.05) is 13.1 Å². The Morgan fingerprint density at radius 1 is 1.15 bits per heavy atom. The lowest BCUT2D eigenvalue weighted by molar-refractivity contribution is -0.848. The highest BCUT2D eigenvalue weighted by Gasteiger charge is 2.08. The van der Waals surface area contributed by atoms with Crippen LogP contribution >= 0.6 is 0 Å². The Morgan fingerprint density at radius 3 is 2.54 bits per heavy atom. The lowest BCUT2D eigenvalue weighted by Gasteiger charge is -2.25. The molecule has 1 nitrogen and oxygen atoms in total. The third kappa shape index (κ3) is 1.99. The fourth-order valence-corrected chi connectivity index (χ4v) is 1.70. The topological polar surface area (TPSA) is 4.44 Å². The molecule has 0 fully saturated rings. The average Bonchev–Trinajstić information content (AvgIpc) is 2.20. The Labute approximate surface area is 79.7 Å². The van der Waals surface area contributed by atoms with Gasteiger partial charge in [0.25, 0.3) is 0 Å². The van der Waals surface area contributed by atoms with Crippen molar-refractivity contribution >= 4 is 5.57 Å². The molecule has 1 aliphatic heterocycles. The molecule has 1 heteroatoms. The lowest BCUT2D eigenvalue weighted by Crippen LogP contribution is -3.07. The highest BCUT2D eigenvalue weighted by atomic mass is 15.1. The van der Waals surface area contributed by atoms with E-state index in [-0.39, 0.29) is 0 Å². The van der Waals surface area contributed by atoms with Crippen LogP contribution in [-0.4, -0.2) is 13.1 Å². The minimum Gasteiger partial charge on any atom is -0.464 e. The molecule has 0 radical (unpaired) electrons. The summed E-state index contributed by atoms with van der Waals surface area (Å²) in [5.41, 5.74) is 2.85. The fraction of sp³-hybridized carbons (Fsp3) is 0.250. The van der Waals surface area contributed by atoms with E-state index in [1.165, 1.54) is 16.0 Å². The molecule has 1 N–H and O–H groups in total. The number of rotatable bonds is 1. The second kappa shape index (κ2) is 3.75. The zero-order valence-corrected chi connectivity index (χ0v) is 7.79. The molecule has 0 bridgehead atoms. The van der Waals surface area contributed by atoms with Gasteiger partial charge < -0.3 is 4.90 Å². The third-order valence-electron chi connectivity index (χ3n) is 2.53. The fourth-order valence-electron chi connectivity index (χ4n) is 1.70. The molecule has 1 atom stereocenters. The Balaban J connectivity index is 2.19. The van der Waals surface area contributed by atoms with Crippen LogP contribution < -0.4 is 4.90 Å². The van der Waals surface area contributed by atoms with Crippen molar-refractivity contribution in [2.45, 2.75) is 6.42 Å². The van der Waals surface area contributed by atoms with Crippen molar-refractivity contribution in [3.8, 4) is 0 Å². The highest BCUT2D eigenvalue weighted by molar-refractivity contribution is 5.65. The van der Waals surface area contributed by atoms with E-state index in [2.05, 4.69) is 43.5 Å². The summed E-state index contributed by atoms with van der Waals surface area (Å²) in [7, 11) is 4.00. The molecular formula is C12H15N. The monoisotopic (exact) mass is 173 g/mol. The summed E-state index contributed by atoms with van der Waals surface area (Å²) in [6, 6.07) is 10.6. The molecule has 1 aliphatic rings. The van der Waals surface area contributed by atoms with Gasteiger partial charge in [-0.3, -0.25) is 0 Å². The predicted octanol–water partition coefficient (Wildman–Crippen LogP) is 1.15. The number of benzene rings is 1. The summed E-state index contributed by atoms with van der Waals surface area (Å²) in [6.45, 7) is 2.21. The molecule has 2 rings (SSSR count). The number of nitrogens with one attached hydrogen (secondary N) is 1. The van der Waals surface area contributed by atoms with Gasteiger partial charge in [0.2, 0.25) is 0 Å². The van der Waals surface area contributed by atoms with Crippen molar-refractivity contribution in [1.29, 1.82) is 0 Å². The van der Waals surface area contributed by atoms with Crippen molar-refractivity contribution < 1.29 is 4.90 Å². The first kappa shape index (κ1) is 8.52. The summed E-state index contributed by atoms with van der Waals surface area (Å²) in [6.07, 6.45) is 3.46. The van der Waals surface area contributed by atoms with E-state index in [0.29, 0.717) is 0 Å². The van der Waals surface area contributed by atoms with Gasteiger partial charge in [0, 0.05) is 6.42 Å². The van der Waals surface area contributed by atoms with Crippen LogP contribution in [0.5, 0.6) is 0 Å². The van der Waals surface area contributed by atoms with Gasteiger partial charge in [-0.25, -0.2) is 0 Å². The van der Waals surface area contributed by atoms with Crippen LogP contribution in [0.4, 0.5) is 0 Å². The van der Waals surface area contributed by atoms with E-state index in [0.717, 1.165) is 19.5 Å². The van der Waals surface area contributed by atoms with Crippen LogP contribution in [0.15, 0.2) is 36.4 Å². The Morgan fingerprint density at radius 2 is 1.92 bits per heavy atom. The summed E-state index contributed by atoms with van der Waals surface area (Å²) in [5, 5.41) is 0. The summed E-state index contributed by atoms with van der Waals surface area (Å²) < 4.78 is 0. The van der Waals surface area contributed by atoms with Gasteiger partial charge in [-0.15, -0.1) is 0 Å². The Bertz CT molecular complexity index is 300. The minimum absolute atomic E-state index is 1.06. The normalized spacial score (nSPS) is 22.5. The van der Waals surface area contributed by atoms with Crippen molar-refractivity contribution in [1.82, 2.24) is 0 Å². The lowest BCUT2D eigenvalue weighted by atomic mass is 10.00. The van der Waals surface area contributed by atoms with E-state index < -0.39 is 0 Å². The first-order chi connectivity index (χ1) is 6.36. The molecule has 13 heavy (non-hydrogen) atoms. The molecule has 68 valence electrons. The molecule has 0 amide bonds.